The summed E-state index contributed by atoms with van der Waals surface area (Å²) in [7, 11) is 9.35. The van der Waals surface area contributed by atoms with Crippen molar-refractivity contribution >= 4 is 11.9 Å². The molecule has 4 aromatic carbocycles. The van der Waals surface area contributed by atoms with E-state index in [1.807, 2.05) is 24.3 Å². The molecule has 0 spiro atoms. The molecule has 0 fully saturated rings. The van der Waals surface area contributed by atoms with Gasteiger partial charge in [-0.3, -0.25) is 0 Å². The molecule has 0 aliphatic heterocycles. The molecule has 4 rings (SSSR count). The van der Waals surface area contributed by atoms with Crippen LogP contribution in [0, 0.1) is 0 Å². The second-order valence-electron chi connectivity index (χ2n) is 10.8. The number of methoxy groups -OCH3 is 6. The molecule has 0 heterocycles. The van der Waals surface area contributed by atoms with Gasteiger partial charge in [-0.1, -0.05) is 24.3 Å². The van der Waals surface area contributed by atoms with Crippen LogP contribution in [0.1, 0.15) is 54.1 Å². The van der Waals surface area contributed by atoms with Crippen molar-refractivity contribution in [3.8, 4) is 23.0 Å². The predicted molar refractivity (Wildman–Crippen MR) is 177 cm³/mol. The van der Waals surface area contributed by atoms with Gasteiger partial charge in [0.05, 0.1) is 53.8 Å². The lowest BCUT2D eigenvalue weighted by atomic mass is 9.91. The van der Waals surface area contributed by atoms with Gasteiger partial charge in [0.15, 0.2) is 23.0 Å². The fourth-order valence-corrected chi connectivity index (χ4v) is 5.54. The molecular formula is C38H42O8. The van der Waals surface area contributed by atoms with E-state index in [1.165, 1.54) is 36.5 Å². The maximum atomic E-state index is 11.8. The topological polar surface area (TPSA) is 89.5 Å². The Morgan fingerprint density at radius 1 is 0.413 bits per heavy atom. The summed E-state index contributed by atoms with van der Waals surface area (Å²) >= 11 is 0. The van der Waals surface area contributed by atoms with Gasteiger partial charge in [-0.15, -0.1) is 0 Å². The molecule has 0 amide bonds. The van der Waals surface area contributed by atoms with Gasteiger partial charge in [0, 0.05) is 0 Å². The Hall–Kier alpha value is -4.98. The van der Waals surface area contributed by atoms with Crippen molar-refractivity contribution in [2.45, 2.75) is 38.5 Å². The Balaban J connectivity index is 1.58. The number of rotatable bonds is 15. The first-order valence-corrected chi connectivity index (χ1v) is 15.2. The Bertz CT molecular complexity index is 1500. The second kappa shape index (κ2) is 16.4. The number of hydrogen-bond donors (Lipinski definition) is 0. The first-order valence-electron chi connectivity index (χ1n) is 15.2. The van der Waals surface area contributed by atoms with Gasteiger partial charge < -0.3 is 28.4 Å². The average molecular weight is 627 g/mol. The molecule has 0 aromatic heterocycles. The van der Waals surface area contributed by atoms with Crippen molar-refractivity contribution in [1.29, 1.82) is 0 Å². The van der Waals surface area contributed by atoms with Gasteiger partial charge in [-0.2, -0.15) is 0 Å². The Labute approximate surface area is 271 Å². The van der Waals surface area contributed by atoms with E-state index in [2.05, 4.69) is 24.3 Å². The van der Waals surface area contributed by atoms with Crippen molar-refractivity contribution < 1.29 is 38.0 Å². The first-order chi connectivity index (χ1) is 22.3. The summed E-state index contributed by atoms with van der Waals surface area (Å²) in [6.45, 7) is 0. The zero-order valence-corrected chi connectivity index (χ0v) is 27.4. The molecular weight excluding hydrogens is 584 g/mol. The monoisotopic (exact) mass is 626 g/mol. The largest absolute Gasteiger partial charge is 0.493 e. The van der Waals surface area contributed by atoms with Gasteiger partial charge in [-0.25, -0.2) is 9.59 Å². The predicted octanol–water partition coefficient (Wildman–Crippen LogP) is 6.65. The molecule has 0 unspecified atom stereocenters. The third kappa shape index (κ3) is 8.38. The van der Waals surface area contributed by atoms with Gasteiger partial charge in [0.2, 0.25) is 0 Å². The molecule has 0 bridgehead atoms. The van der Waals surface area contributed by atoms with Crippen LogP contribution in [0.25, 0.3) is 0 Å². The van der Waals surface area contributed by atoms with Gasteiger partial charge in [0.25, 0.3) is 0 Å². The highest BCUT2D eigenvalue weighted by molar-refractivity contribution is 5.89. The molecule has 0 atom stereocenters. The summed E-state index contributed by atoms with van der Waals surface area (Å²) in [6.07, 6.45) is 4.70. The van der Waals surface area contributed by atoms with E-state index >= 15 is 0 Å². The van der Waals surface area contributed by atoms with Crippen molar-refractivity contribution in [2.24, 2.45) is 0 Å². The second-order valence-corrected chi connectivity index (χ2v) is 10.8. The molecule has 0 N–H and O–H groups in total. The van der Waals surface area contributed by atoms with Crippen molar-refractivity contribution in [2.75, 3.05) is 42.7 Å². The molecule has 46 heavy (non-hydrogen) atoms. The average Bonchev–Trinajstić information content (AvgIpc) is 3.11. The molecule has 0 aliphatic rings. The van der Waals surface area contributed by atoms with Crippen molar-refractivity contribution in [3.63, 3.8) is 0 Å². The quantitative estimate of drug-likeness (QED) is 0.136. The zero-order valence-electron chi connectivity index (χ0n) is 27.4. The fraction of sp³-hybridized carbons (Fsp3) is 0.316. The van der Waals surface area contributed by atoms with Crippen molar-refractivity contribution in [3.05, 3.63) is 117 Å². The zero-order chi connectivity index (χ0) is 33.1. The van der Waals surface area contributed by atoms with Crippen LogP contribution in [0.2, 0.25) is 0 Å². The third-order valence-corrected chi connectivity index (χ3v) is 8.19. The maximum absolute atomic E-state index is 11.8. The molecule has 242 valence electrons. The third-order valence-electron chi connectivity index (χ3n) is 8.19. The standard InChI is InChI=1S/C38H42O8/c1-41-33-21-29(17-11-25-7-13-27(14-8-25)37(39)45-5)31(23-35(33)43-3)19-20-32-24-36(44-4)34(42-2)22-30(32)18-12-26-9-15-28(16-10-26)38(40)46-6/h7-10,13-16,21-24H,11-12,17-20H2,1-6H3. The summed E-state index contributed by atoms with van der Waals surface area (Å²) in [5.41, 5.74) is 7.98. The van der Waals surface area contributed by atoms with E-state index in [0.29, 0.717) is 34.1 Å². The molecule has 8 heteroatoms. The van der Waals surface area contributed by atoms with Gasteiger partial charge >= 0.3 is 11.9 Å². The summed E-state index contributed by atoms with van der Waals surface area (Å²) in [5.74, 6) is 2.05. The minimum Gasteiger partial charge on any atom is -0.493 e. The molecule has 4 aromatic rings. The van der Waals surface area contributed by atoms with Gasteiger partial charge in [0.1, 0.15) is 0 Å². The molecule has 0 aliphatic carbocycles. The van der Waals surface area contributed by atoms with E-state index in [4.69, 9.17) is 28.4 Å². The Morgan fingerprint density at radius 3 is 0.913 bits per heavy atom. The number of benzene rings is 4. The number of aryl methyl sites for hydroxylation is 6. The number of carbonyl (C=O) groups excluding carboxylic acids is 2. The minimum atomic E-state index is -0.347. The van der Waals surface area contributed by atoms with Crippen LogP contribution in [-0.4, -0.2) is 54.6 Å². The fourth-order valence-electron chi connectivity index (χ4n) is 5.54. The lowest BCUT2D eigenvalue weighted by Crippen LogP contribution is -2.06. The summed E-state index contributed by atoms with van der Waals surface area (Å²) in [4.78, 5) is 23.7. The maximum Gasteiger partial charge on any atom is 0.337 e. The van der Waals surface area contributed by atoms with Crippen LogP contribution >= 0.6 is 0 Å². The number of esters is 2. The van der Waals surface area contributed by atoms with E-state index < -0.39 is 0 Å². The van der Waals surface area contributed by atoms with E-state index in [9.17, 15) is 9.59 Å². The smallest absolute Gasteiger partial charge is 0.337 e. The van der Waals surface area contributed by atoms with Crippen LogP contribution < -0.4 is 18.9 Å². The van der Waals surface area contributed by atoms with Crippen LogP contribution in [-0.2, 0) is 48.0 Å². The van der Waals surface area contributed by atoms with Crippen LogP contribution in [0.15, 0.2) is 72.8 Å². The van der Waals surface area contributed by atoms with E-state index in [-0.39, 0.29) is 11.9 Å². The Morgan fingerprint density at radius 2 is 0.674 bits per heavy atom. The number of hydrogen-bond acceptors (Lipinski definition) is 8. The number of carbonyl (C=O) groups is 2. The highest BCUT2D eigenvalue weighted by Crippen LogP contribution is 2.35. The van der Waals surface area contributed by atoms with E-state index in [1.54, 1.807) is 52.7 Å². The summed E-state index contributed by atoms with van der Waals surface area (Å²) in [6, 6.07) is 23.3. The highest BCUT2D eigenvalue weighted by Gasteiger charge is 2.16. The van der Waals surface area contributed by atoms with Gasteiger partial charge in [-0.05, 0) is 120 Å². The number of ether oxygens (including phenoxy) is 6. The molecule has 8 nitrogen and oxygen atoms in total. The van der Waals surface area contributed by atoms with Crippen LogP contribution in [0.3, 0.4) is 0 Å². The van der Waals surface area contributed by atoms with Crippen LogP contribution in [0.4, 0.5) is 0 Å². The minimum absolute atomic E-state index is 0.347. The lowest BCUT2D eigenvalue weighted by Gasteiger charge is -2.18. The normalized spacial score (nSPS) is 10.7. The lowest BCUT2D eigenvalue weighted by molar-refractivity contribution is 0.0592. The summed E-state index contributed by atoms with van der Waals surface area (Å²) < 4.78 is 32.3. The summed E-state index contributed by atoms with van der Waals surface area (Å²) in [5, 5.41) is 0. The van der Waals surface area contributed by atoms with E-state index in [0.717, 1.165) is 49.7 Å². The molecule has 0 radical (unpaired) electrons. The molecule has 0 saturated carbocycles. The Kier molecular flexibility index (Phi) is 12.1. The van der Waals surface area contributed by atoms with Crippen LogP contribution in [0.5, 0.6) is 23.0 Å². The highest BCUT2D eigenvalue weighted by atomic mass is 16.5. The first kappa shape index (κ1) is 33.9. The molecule has 0 saturated heterocycles. The van der Waals surface area contributed by atoms with Crippen molar-refractivity contribution in [1.82, 2.24) is 0 Å². The SMILES string of the molecule is COC(=O)c1ccc(CCc2cc(OC)c(OC)cc2CCc2cc(OC)c(OC)cc2CCc2ccc(C(=O)OC)cc2)cc1.